The average molecular weight is 266 g/mol. The van der Waals surface area contributed by atoms with Gasteiger partial charge >= 0.3 is 6.09 Å². The second-order valence-electron chi connectivity index (χ2n) is 2.68. The van der Waals surface area contributed by atoms with Gasteiger partial charge in [0.05, 0.1) is 0 Å². The van der Waals surface area contributed by atoms with Gasteiger partial charge in [-0.3, -0.25) is 0 Å². The number of nitrogens with two attached hydrogens (primary N) is 2. The zero-order valence-corrected chi connectivity index (χ0v) is 9.92. The fourth-order valence-electron chi connectivity index (χ4n) is 0.979. The molecule has 0 aromatic heterocycles. The van der Waals surface area contributed by atoms with Crippen LogP contribution in [0.1, 0.15) is 11.1 Å². The Hall–Kier alpha value is -1.30. The highest BCUT2D eigenvalue weighted by Crippen LogP contribution is 2.03. The van der Waals surface area contributed by atoms with Crippen molar-refractivity contribution in [3.05, 3.63) is 35.4 Å². The summed E-state index contributed by atoms with van der Waals surface area (Å²) in [4.78, 5) is 13.4. The molecular formula is C9H13Cl2N3O2. The number of amides is 1. The van der Waals surface area contributed by atoms with Crippen LogP contribution in [0.2, 0.25) is 0 Å². The summed E-state index contributed by atoms with van der Waals surface area (Å²) < 4.78 is 0. The maximum absolute atomic E-state index is 10.2. The number of hydrogen-bond donors (Lipinski definition) is 3. The Morgan fingerprint density at radius 1 is 1.25 bits per heavy atom. The number of amidine groups is 1. The van der Waals surface area contributed by atoms with Gasteiger partial charge in [0.1, 0.15) is 5.84 Å². The van der Waals surface area contributed by atoms with Crippen molar-refractivity contribution in [1.29, 1.82) is 0 Å². The lowest BCUT2D eigenvalue weighted by Gasteiger charge is -2.00. The molecule has 7 heteroatoms. The fourth-order valence-corrected chi connectivity index (χ4v) is 0.979. The van der Waals surface area contributed by atoms with E-state index in [4.69, 9.17) is 16.6 Å². The Bertz CT molecular complexity index is 366. The Balaban J connectivity index is 0. The van der Waals surface area contributed by atoms with Crippen LogP contribution in [0, 0.1) is 0 Å². The van der Waals surface area contributed by atoms with Gasteiger partial charge in [0.15, 0.2) is 0 Å². The molecule has 1 aromatic rings. The van der Waals surface area contributed by atoms with Crippen molar-refractivity contribution in [3.8, 4) is 0 Å². The zero-order valence-electron chi connectivity index (χ0n) is 8.29. The van der Waals surface area contributed by atoms with Crippen molar-refractivity contribution in [2.45, 2.75) is 6.54 Å². The minimum atomic E-state index is -1.30. The molecule has 0 atom stereocenters. The van der Waals surface area contributed by atoms with Gasteiger partial charge in [-0.15, -0.1) is 24.8 Å². The second-order valence-corrected chi connectivity index (χ2v) is 2.68. The van der Waals surface area contributed by atoms with Crippen LogP contribution in [0.5, 0.6) is 0 Å². The van der Waals surface area contributed by atoms with Gasteiger partial charge in [0.2, 0.25) is 0 Å². The summed E-state index contributed by atoms with van der Waals surface area (Å²) in [6.45, 7) is 0.441. The smallest absolute Gasteiger partial charge is 0.433 e. The zero-order chi connectivity index (χ0) is 10.6. The van der Waals surface area contributed by atoms with E-state index < -0.39 is 6.09 Å². The minimum absolute atomic E-state index is 0. The van der Waals surface area contributed by atoms with Crippen LogP contribution in [-0.4, -0.2) is 17.0 Å². The number of aliphatic imine (C=N–C) groups is 1. The molecule has 0 aliphatic heterocycles. The maximum atomic E-state index is 10.2. The van der Waals surface area contributed by atoms with E-state index in [-0.39, 0.29) is 30.6 Å². The number of halogens is 2. The normalized spacial score (nSPS) is 9.94. The lowest BCUT2D eigenvalue weighted by Crippen LogP contribution is -2.15. The molecule has 0 bridgehead atoms. The number of hydrogen-bond acceptors (Lipinski definition) is 2. The summed E-state index contributed by atoms with van der Waals surface area (Å²) in [5.41, 5.74) is 12.4. The molecule has 5 nitrogen and oxygen atoms in total. The largest absolute Gasteiger partial charge is 0.463 e. The Labute approximate surface area is 105 Å². The molecule has 16 heavy (non-hydrogen) atoms. The number of carbonyl (C=O) groups is 1. The van der Waals surface area contributed by atoms with Gasteiger partial charge in [-0.05, 0) is 5.56 Å². The van der Waals surface area contributed by atoms with Crippen molar-refractivity contribution < 1.29 is 9.90 Å². The molecule has 0 saturated carbocycles. The molecule has 0 saturated heterocycles. The Morgan fingerprint density at radius 3 is 2.12 bits per heavy atom. The standard InChI is InChI=1S/C9H11N3O2.2ClH/c10-5-6-1-3-7(4-2-6)8(11)12-9(13)14;;/h1-4H,5,10H2,(H2,11,12)(H,13,14);2*1H. The van der Waals surface area contributed by atoms with Crippen molar-refractivity contribution in [3.63, 3.8) is 0 Å². The van der Waals surface area contributed by atoms with Crippen molar-refractivity contribution >= 4 is 36.7 Å². The number of nitrogens with zero attached hydrogens (tertiary/aromatic N) is 1. The third kappa shape index (κ3) is 4.97. The molecule has 0 spiro atoms. The monoisotopic (exact) mass is 265 g/mol. The van der Waals surface area contributed by atoms with Gasteiger partial charge in [-0.1, -0.05) is 24.3 Å². The highest BCUT2D eigenvalue weighted by molar-refractivity contribution is 6.02. The molecule has 0 aliphatic rings. The Morgan fingerprint density at radius 2 is 1.75 bits per heavy atom. The molecular weight excluding hydrogens is 253 g/mol. The summed E-state index contributed by atoms with van der Waals surface area (Å²) in [7, 11) is 0. The van der Waals surface area contributed by atoms with E-state index in [1.165, 1.54) is 0 Å². The van der Waals surface area contributed by atoms with E-state index in [0.717, 1.165) is 5.56 Å². The van der Waals surface area contributed by atoms with E-state index in [1.54, 1.807) is 24.3 Å². The number of rotatable bonds is 2. The number of carboxylic acid groups (broad SMARTS) is 1. The van der Waals surface area contributed by atoms with Crippen LogP contribution in [0.15, 0.2) is 29.3 Å². The van der Waals surface area contributed by atoms with Crippen LogP contribution < -0.4 is 11.5 Å². The quantitative estimate of drug-likeness (QED) is 0.555. The maximum Gasteiger partial charge on any atom is 0.433 e. The molecule has 5 N–H and O–H groups in total. The van der Waals surface area contributed by atoms with Crippen molar-refractivity contribution in [2.75, 3.05) is 0 Å². The van der Waals surface area contributed by atoms with Gasteiger partial charge in [-0.25, -0.2) is 4.79 Å². The number of benzene rings is 1. The molecule has 0 heterocycles. The Kier molecular flexibility index (Phi) is 8.47. The molecule has 0 aliphatic carbocycles. The van der Waals surface area contributed by atoms with Gasteiger partial charge in [0, 0.05) is 12.1 Å². The third-order valence-electron chi connectivity index (χ3n) is 1.70. The van der Waals surface area contributed by atoms with Gasteiger partial charge < -0.3 is 16.6 Å². The lowest BCUT2D eigenvalue weighted by molar-refractivity contribution is 0.205. The molecule has 1 amide bonds. The molecule has 1 rings (SSSR count). The van der Waals surface area contributed by atoms with Gasteiger partial charge in [-0.2, -0.15) is 4.99 Å². The van der Waals surface area contributed by atoms with E-state index in [0.29, 0.717) is 12.1 Å². The van der Waals surface area contributed by atoms with Crippen LogP contribution in [-0.2, 0) is 6.54 Å². The topological polar surface area (TPSA) is 102 Å². The molecule has 90 valence electrons. The first kappa shape index (κ1) is 17.1. The fraction of sp³-hybridized carbons (Fsp3) is 0.111. The first-order valence-corrected chi connectivity index (χ1v) is 4.00. The molecule has 0 unspecified atom stereocenters. The third-order valence-corrected chi connectivity index (χ3v) is 1.70. The SMILES string of the molecule is Cl.Cl.NCc1ccc(C(N)=NC(=O)O)cc1. The van der Waals surface area contributed by atoms with Crippen LogP contribution in [0.4, 0.5) is 4.79 Å². The lowest BCUT2D eigenvalue weighted by atomic mass is 10.1. The predicted octanol–water partition coefficient (Wildman–Crippen LogP) is 1.37. The highest BCUT2D eigenvalue weighted by atomic mass is 35.5. The van der Waals surface area contributed by atoms with E-state index >= 15 is 0 Å². The highest BCUT2D eigenvalue weighted by Gasteiger charge is 2.00. The van der Waals surface area contributed by atoms with Crippen LogP contribution >= 0.6 is 24.8 Å². The van der Waals surface area contributed by atoms with E-state index in [9.17, 15) is 4.79 Å². The molecule has 1 aromatic carbocycles. The minimum Gasteiger partial charge on any atom is -0.463 e. The van der Waals surface area contributed by atoms with Crippen molar-refractivity contribution in [2.24, 2.45) is 16.5 Å². The summed E-state index contributed by atoms with van der Waals surface area (Å²) in [6, 6.07) is 6.92. The van der Waals surface area contributed by atoms with Crippen molar-refractivity contribution in [1.82, 2.24) is 0 Å². The second kappa shape index (κ2) is 7.92. The molecule has 0 radical (unpaired) electrons. The average Bonchev–Trinajstić information content (AvgIpc) is 2.17. The predicted molar refractivity (Wildman–Crippen MR) is 67.6 cm³/mol. The first-order valence-electron chi connectivity index (χ1n) is 4.00. The van der Waals surface area contributed by atoms with Gasteiger partial charge in [0.25, 0.3) is 0 Å². The van der Waals surface area contributed by atoms with Crippen LogP contribution in [0.25, 0.3) is 0 Å². The molecule has 0 fully saturated rings. The summed E-state index contributed by atoms with van der Waals surface area (Å²) >= 11 is 0. The van der Waals surface area contributed by atoms with E-state index in [1.807, 2.05) is 0 Å². The first-order chi connectivity index (χ1) is 6.63. The summed E-state index contributed by atoms with van der Waals surface area (Å²) in [6.07, 6.45) is -1.30. The van der Waals surface area contributed by atoms with E-state index in [2.05, 4.69) is 4.99 Å². The summed E-state index contributed by atoms with van der Waals surface area (Å²) in [5, 5.41) is 8.36. The van der Waals surface area contributed by atoms with Crippen LogP contribution in [0.3, 0.4) is 0 Å². The summed E-state index contributed by atoms with van der Waals surface area (Å²) in [5.74, 6) is -0.0129.